The van der Waals surface area contributed by atoms with Crippen LogP contribution in [-0.2, 0) is 14.3 Å². The molecular weight excluding hydrogens is 208 g/mol. The van der Waals surface area contributed by atoms with Crippen LogP contribution >= 0.6 is 0 Å². The molecule has 0 aliphatic carbocycles. The maximum atomic E-state index is 10.5. The molecule has 4 nitrogen and oxygen atoms in total. The fraction of sp³-hybridized carbons (Fsp3) is 0.583. The van der Waals surface area contributed by atoms with Gasteiger partial charge in [-0.3, -0.25) is 4.79 Å². The average Bonchev–Trinajstić information content (AvgIpc) is 2.25. The average molecular weight is 228 g/mol. The Morgan fingerprint density at radius 2 is 2.00 bits per heavy atom. The first kappa shape index (κ1) is 14.7. The lowest BCUT2D eigenvalue weighted by atomic mass is 10.1. The molecule has 0 unspecified atom stereocenters. The van der Waals surface area contributed by atoms with Crippen LogP contribution in [0.15, 0.2) is 23.5 Å². The number of carbonyl (C=O) groups is 1. The lowest BCUT2D eigenvalue weighted by Crippen LogP contribution is -1.99. The SMILES string of the molecule is CCC=C(C=C(COC)OC)CCC(=O)O. The quantitative estimate of drug-likeness (QED) is 0.512. The second-order valence-electron chi connectivity index (χ2n) is 3.33. The van der Waals surface area contributed by atoms with E-state index < -0.39 is 5.97 Å². The van der Waals surface area contributed by atoms with E-state index in [-0.39, 0.29) is 6.42 Å². The van der Waals surface area contributed by atoms with Gasteiger partial charge in [0.05, 0.1) is 7.11 Å². The number of ether oxygens (including phenoxy) is 2. The van der Waals surface area contributed by atoms with Crippen LogP contribution in [0.5, 0.6) is 0 Å². The minimum Gasteiger partial charge on any atom is -0.499 e. The van der Waals surface area contributed by atoms with E-state index in [1.54, 1.807) is 14.2 Å². The summed E-state index contributed by atoms with van der Waals surface area (Å²) >= 11 is 0. The smallest absolute Gasteiger partial charge is 0.303 e. The second kappa shape index (κ2) is 8.97. The van der Waals surface area contributed by atoms with Gasteiger partial charge in [0.2, 0.25) is 0 Å². The van der Waals surface area contributed by atoms with Crippen molar-refractivity contribution in [2.24, 2.45) is 0 Å². The van der Waals surface area contributed by atoms with Gasteiger partial charge in [0, 0.05) is 13.5 Å². The zero-order valence-electron chi connectivity index (χ0n) is 10.2. The van der Waals surface area contributed by atoms with Gasteiger partial charge in [-0.15, -0.1) is 0 Å². The predicted octanol–water partition coefficient (Wildman–Crippen LogP) is 2.36. The molecular formula is C12H20O4. The number of rotatable bonds is 8. The molecule has 0 heterocycles. The van der Waals surface area contributed by atoms with E-state index in [0.717, 1.165) is 12.0 Å². The van der Waals surface area contributed by atoms with Crippen molar-refractivity contribution in [1.29, 1.82) is 0 Å². The molecule has 0 atom stereocenters. The van der Waals surface area contributed by atoms with Crippen molar-refractivity contribution >= 4 is 5.97 Å². The molecule has 0 rings (SSSR count). The fourth-order valence-electron chi connectivity index (χ4n) is 1.26. The molecule has 0 radical (unpaired) electrons. The van der Waals surface area contributed by atoms with Gasteiger partial charge in [0.25, 0.3) is 0 Å². The number of carboxylic acids is 1. The van der Waals surface area contributed by atoms with E-state index in [4.69, 9.17) is 14.6 Å². The fourth-order valence-corrected chi connectivity index (χ4v) is 1.26. The highest BCUT2D eigenvalue weighted by Gasteiger charge is 2.02. The van der Waals surface area contributed by atoms with Crippen LogP contribution in [0.3, 0.4) is 0 Å². The zero-order valence-corrected chi connectivity index (χ0v) is 10.2. The molecule has 92 valence electrons. The van der Waals surface area contributed by atoms with Crippen LogP contribution in [-0.4, -0.2) is 31.9 Å². The highest BCUT2D eigenvalue weighted by atomic mass is 16.5. The topological polar surface area (TPSA) is 55.8 Å². The molecule has 0 fully saturated rings. The van der Waals surface area contributed by atoms with Crippen molar-refractivity contribution in [3.63, 3.8) is 0 Å². The van der Waals surface area contributed by atoms with Crippen molar-refractivity contribution in [3.05, 3.63) is 23.5 Å². The third-order valence-electron chi connectivity index (χ3n) is 1.99. The summed E-state index contributed by atoms with van der Waals surface area (Å²) in [5, 5.41) is 8.62. The van der Waals surface area contributed by atoms with Gasteiger partial charge in [-0.1, -0.05) is 13.0 Å². The first-order valence-corrected chi connectivity index (χ1v) is 5.28. The minimum absolute atomic E-state index is 0.131. The Bertz CT molecular complexity index is 266. The molecule has 0 aliphatic heterocycles. The van der Waals surface area contributed by atoms with E-state index in [1.165, 1.54) is 0 Å². The second-order valence-corrected chi connectivity index (χ2v) is 3.33. The Kier molecular flexibility index (Phi) is 8.25. The summed E-state index contributed by atoms with van der Waals surface area (Å²) in [7, 11) is 3.17. The molecule has 0 saturated carbocycles. The first-order chi connectivity index (χ1) is 7.63. The summed E-state index contributed by atoms with van der Waals surface area (Å²) in [6.45, 7) is 2.40. The molecule has 0 bridgehead atoms. The number of allylic oxidation sites excluding steroid dienone is 3. The summed E-state index contributed by atoms with van der Waals surface area (Å²) in [4.78, 5) is 10.5. The molecule has 0 amide bonds. The third-order valence-corrected chi connectivity index (χ3v) is 1.99. The van der Waals surface area contributed by atoms with Gasteiger partial charge >= 0.3 is 5.97 Å². The summed E-state index contributed by atoms with van der Waals surface area (Å²) < 4.78 is 10.1. The van der Waals surface area contributed by atoms with Gasteiger partial charge in [-0.05, 0) is 24.5 Å². The summed E-state index contributed by atoms with van der Waals surface area (Å²) in [5.74, 6) is -0.0892. The Labute approximate surface area is 96.6 Å². The van der Waals surface area contributed by atoms with Gasteiger partial charge in [0.15, 0.2) is 0 Å². The van der Waals surface area contributed by atoms with Gasteiger partial charge in [0.1, 0.15) is 12.4 Å². The molecule has 0 spiro atoms. The maximum Gasteiger partial charge on any atom is 0.303 e. The van der Waals surface area contributed by atoms with E-state index in [2.05, 4.69) is 0 Å². The van der Waals surface area contributed by atoms with Crippen LogP contribution in [0.2, 0.25) is 0 Å². The molecule has 4 heteroatoms. The largest absolute Gasteiger partial charge is 0.499 e. The van der Waals surface area contributed by atoms with Crippen molar-refractivity contribution < 1.29 is 19.4 Å². The van der Waals surface area contributed by atoms with Crippen molar-refractivity contribution in [2.45, 2.75) is 26.2 Å². The number of carboxylic acid groups (broad SMARTS) is 1. The summed E-state index contributed by atoms with van der Waals surface area (Å²) in [5.41, 5.74) is 0.971. The molecule has 1 N–H and O–H groups in total. The highest BCUT2D eigenvalue weighted by Crippen LogP contribution is 2.12. The molecule has 0 aromatic heterocycles. The normalized spacial score (nSPS) is 12.7. The molecule has 0 aliphatic rings. The van der Waals surface area contributed by atoms with Gasteiger partial charge in [-0.25, -0.2) is 0 Å². The molecule has 16 heavy (non-hydrogen) atoms. The zero-order chi connectivity index (χ0) is 12.4. The molecule has 0 aromatic rings. The first-order valence-electron chi connectivity index (χ1n) is 5.28. The van der Waals surface area contributed by atoms with Crippen LogP contribution in [0.4, 0.5) is 0 Å². The predicted molar refractivity (Wildman–Crippen MR) is 62.2 cm³/mol. The van der Waals surface area contributed by atoms with Crippen LogP contribution in [0.1, 0.15) is 26.2 Å². The van der Waals surface area contributed by atoms with E-state index in [9.17, 15) is 4.79 Å². The Balaban J connectivity index is 4.51. The summed E-state index contributed by atoms with van der Waals surface area (Å²) in [6, 6.07) is 0. The van der Waals surface area contributed by atoms with Crippen LogP contribution in [0, 0.1) is 0 Å². The van der Waals surface area contributed by atoms with E-state index in [0.29, 0.717) is 18.8 Å². The van der Waals surface area contributed by atoms with Crippen LogP contribution < -0.4 is 0 Å². The van der Waals surface area contributed by atoms with Crippen molar-refractivity contribution in [2.75, 3.05) is 20.8 Å². The lowest BCUT2D eigenvalue weighted by Gasteiger charge is -2.06. The number of hydrogen-bond donors (Lipinski definition) is 1. The number of aliphatic carboxylic acids is 1. The Morgan fingerprint density at radius 1 is 1.31 bits per heavy atom. The molecule has 0 aromatic carbocycles. The Hall–Kier alpha value is -1.29. The van der Waals surface area contributed by atoms with Crippen LogP contribution in [0.25, 0.3) is 0 Å². The van der Waals surface area contributed by atoms with Crippen molar-refractivity contribution in [3.8, 4) is 0 Å². The summed E-state index contributed by atoms with van der Waals surface area (Å²) in [6.07, 6.45) is 5.36. The van der Waals surface area contributed by atoms with Crippen molar-refractivity contribution in [1.82, 2.24) is 0 Å². The van der Waals surface area contributed by atoms with E-state index >= 15 is 0 Å². The number of hydrogen-bond acceptors (Lipinski definition) is 3. The maximum absolute atomic E-state index is 10.5. The standard InChI is InChI=1S/C12H20O4/c1-4-5-10(6-7-12(13)14)8-11(16-3)9-15-2/h5,8H,4,6-7,9H2,1-3H3,(H,13,14). The molecule has 0 saturated heterocycles. The van der Waals surface area contributed by atoms with E-state index in [1.807, 2.05) is 19.1 Å². The lowest BCUT2D eigenvalue weighted by molar-refractivity contribution is -0.136. The minimum atomic E-state index is -0.791. The monoisotopic (exact) mass is 228 g/mol. The Morgan fingerprint density at radius 3 is 2.44 bits per heavy atom. The number of methoxy groups -OCH3 is 2. The highest BCUT2D eigenvalue weighted by molar-refractivity contribution is 5.67. The third kappa shape index (κ3) is 7.06. The van der Waals surface area contributed by atoms with Gasteiger partial charge in [-0.2, -0.15) is 0 Å². The van der Waals surface area contributed by atoms with Gasteiger partial charge < -0.3 is 14.6 Å².